The van der Waals surface area contributed by atoms with E-state index in [2.05, 4.69) is 10.1 Å². The summed E-state index contributed by atoms with van der Waals surface area (Å²) < 4.78 is 1.83. The second-order valence-electron chi connectivity index (χ2n) is 2.20. The Bertz CT molecular complexity index is 350. The fourth-order valence-corrected chi connectivity index (χ4v) is 1.00. The van der Waals surface area contributed by atoms with Gasteiger partial charge in [0.25, 0.3) is 0 Å². The van der Waals surface area contributed by atoms with Crippen molar-refractivity contribution in [2.24, 2.45) is 7.05 Å². The lowest BCUT2D eigenvalue weighted by molar-refractivity contribution is 0.797. The molecule has 0 aliphatic heterocycles. The smallest absolute Gasteiger partial charge is 0.0709 e. The number of pyridine rings is 1. The molecule has 2 aromatic rings. The van der Waals surface area contributed by atoms with Crippen LogP contribution >= 0.6 is 0 Å². The second-order valence-corrected chi connectivity index (χ2v) is 2.20. The van der Waals surface area contributed by atoms with Gasteiger partial charge in [-0.1, -0.05) is 0 Å². The molecule has 0 amide bonds. The van der Waals surface area contributed by atoms with Crippen molar-refractivity contribution in [2.45, 2.75) is 0 Å². The second kappa shape index (κ2) is 1.80. The van der Waals surface area contributed by atoms with E-state index in [1.54, 1.807) is 6.20 Å². The number of rotatable bonds is 0. The van der Waals surface area contributed by atoms with Gasteiger partial charge in [-0.2, -0.15) is 5.10 Å². The summed E-state index contributed by atoms with van der Waals surface area (Å²) >= 11 is 0. The van der Waals surface area contributed by atoms with Gasteiger partial charge in [0.05, 0.1) is 11.7 Å². The molecule has 10 heavy (non-hydrogen) atoms. The number of aryl methyl sites for hydroxylation is 1. The molecule has 0 N–H and O–H groups in total. The van der Waals surface area contributed by atoms with E-state index in [-0.39, 0.29) is 0 Å². The van der Waals surface area contributed by atoms with Crippen molar-refractivity contribution in [3.63, 3.8) is 0 Å². The molecule has 0 radical (unpaired) electrons. The van der Waals surface area contributed by atoms with Crippen LogP contribution in [0.1, 0.15) is 0 Å². The van der Waals surface area contributed by atoms with Gasteiger partial charge in [0.1, 0.15) is 0 Å². The first-order valence-corrected chi connectivity index (χ1v) is 3.09. The van der Waals surface area contributed by atoms with E-state index in [1.807, 2.05) is 30.2 Å². The van der Waals surface area contributed by atoms with Crippen LogP contribution in [0.3, 0.4) is 0 Å². The van der Waals surface area contributed by atoms with Crippen LogP contribution in [0.25, 0.3) is 10.9 Å². The summed E-state index contributed by atoms with van der Waals surface area (Å²) in [6, 6.07) is 1.95. The van der Waals surface area contributed by atoms with E-state index in [0.717, 1.165) is 10.9 Å². The maximum Gasteiger partial charge on any atom is 0.0709 e. The Morgan fingerprint density at radius 3 is 3.10 bits per heavy atom. The van der Waals surface area contributed by atoms with Crippen molar-refractivity contribution in [1.82, 2.24) is 14.8 Å². The minimum absolute atomic E-state index is 1.09. The number of aromatic nitrogens is 3. The molecule has 0 aromatic carbocycles. The Hall–Kier alpha value is -1.38. The SMILES string of the molecule is Cn1ncc2cnccc21. The lowest BCUT2D eigenvalue weighted by atomic mass is 10.3. The topological polar surface area (TPSA) is 30.7 Å². The third kappa shape index (κ3) is 0.603. The van der Waals surface area contributed by atoms with Crippen molar-refractivity contribution in [3.05, 3.63) is 24.7 Å². The predicted molar refractivity (Wildman–Crippen MR) is 38.5 cm³/mol. The van der Waals surface area contributed by atoms with E-state index in [4.69, 9.17) is 0 Å². The molecule has 2 aromatic heterocycles. The normalized spacial score (nSPS) is 10.5. The van der Waals surface area contributed by atoms with Crippen LogP contribution in [0.2, 0.25) is 0 Å². The van der Waals surface area contributed by atoms with Crippen LogP contribution in [-0.4, -0.2) is 14.8 Å². The van der Waals surface area contributed by atoms with Crippen LogP contribution in [0.15, 0.2) is 24.7 Å². The predicted octanol–water partition coefficient (Wildman–Crippen LogP) is 0.968. The molecule has 0 unspecified atom stereocenters. The highest BCUT2D eigenvalue weighted by atomic mass is 15.2. The van der Waals surface area contributed by atoms with Gasteiger partial charge in [-0.15, -0.1) is 0 Å². The number of hydrogen-bond donors (Lipinski definition) is 0. The summed E-state index contributed by atoms with van der Waals surface area (Å²) in [4.78, 5) is 3.97. The third-order valence-corrected chi connectivity index (χ3v) is 1.55. The summed E-state index contributed by atoms with van der Waals surface area (Å²) in [5.74, 6) is 0. The highest BCUT2D eigenvalue weighted by molar-refractivity contribution is 5.76. The zero-order chi connectivity index (χ0) is 6.97. The molecule has 3 heteroatoms. The maximum absolute atomic E-state index is 4.07. The minimum atomic E-state index is 1.09. The van der Waals surface area contributed by atoms with E-state index < -0.39 is 0 Å². The van der Waals surface area contributed by atoms with Crippen LogP contribution in [0.4, 0.5) is 0 Å². The molecule has 0 spiro atoms. The van der Waals surface area contributed by atoms with Gasteiger partial charge in [0.15, 0.2) is 0 Å². The van der Waals surface area contributed by atoms with Crippen molar-refractivity contribution in [2.75, 3.05) is 0 Å². The first kappa shape index (κ1) is 5.41. The zero-order valence-corrected chi connectivity index (χ0v) is 5.65. The Balaban J connectivity index is 2.93. The van der Waals surface area contributed by atoms with Gasteiger partial charge in [-0.05, 0) is 6.07 Å². The molecular formula is C7H7N3. The number of hydrogen-bond acceptors (Lipinski definition) is 2. The molecule has 0 aliphatic carbocycles. The molecule has 0 atom stereocenters. The van der Waals surface area contributed by atoms with Crippen molar-refractivity contribution in [3.8, 4) is 0 Å². The van der Waals surface area contributed by atoms with Gasteiger partial charge >= 0.3 is 0 Å². The first-order valence-electron chi connectivity index (χ1n) is 3.09. The summed E-state index contributed by atoms with van der Waals surface area (Å²) in [6.45, 7) is 0. The van der Waals surface area contributed by atoms with Crippen LogP contribution < -0.4 is 0 Å². The summed E-state index contributed by atoms with van der Waals surface area (Å²) in [5.41, 5.74) is 1.12. The molecule has 2 rings (SSSR count). The standard InChI is InChI=1S/C7H7N3/c1-10-7-2-3-8-4-6(7)5-9-10/h2-5H,1H3. The molecule has 3 nitrogen and oxygen atoms in total. The molecule has 0 bridgehead atoms. The monoisotopic (exact) mass is 133 g/mol. The summed E-state index contributed by atoms with van der Waals surface area (Å²) in [7, 11) is 1.92. The summed E-state index contributed by atoms with van der Waals surface area (Å²) in [5, 5.41) is 5.16. The van der Waals surface area contributed by atoms with Gasteiger partial charge < -0.3 is 0 Å². The first-order chi connectivity index (χ1) is 4.88. The summed E-state index contributed by atoms with van der Waals surface area (Å²) in [6.07, 6.45) is 5.38. The quantitative estimate of drug-likeness (QED) is 0.536. The highest BCUT2D eigenvalue weighted by Gasteiger charge is 1.94. The molecular weight excluding hydrogens is 126 g/mol. The number of fused-ring (bicyclic) bond motifs is 1. The van der Waals surface area contributed by atoms with Gasteiger partial charge in [0.2, 0.25) is 0 Å². The molecule has 50 valence electrons. The van der Waals surface area contributed by atoms with Crippen LogP contribution in [0.5, 0.6) is 0 Å². The fourth-order valence-electron chi connectivity index (χ4n) is 1.00. The maximum atomic E-state index is 4.07. The average Bonchev–Trinajstić information content (AvgIpc) is 2.34. The molecule has 0 fully saturated rings. The fraction of sp³-hybridized carbons (Fsp3) is 0.143. The van der Waals surface area contributed by atoms with Crippen molar-refractivity contribution >= 4 is 10.9 Å². The molecule has 2 heterocycles. The highest BCUT2D eigenvalue weighted by Crippen LogP contribution is 2.08. The Morgan fingerprint density at radius 2 is 2.30 bits per heavy atom. The van der Waals surface area contributed by atoms with E-state index >= 15 is 0 Å². The Kier molecular flexibility index (Phi) is 0.974. The average molecular weight is 133 g/mol. The largest absolute Gasteiger partial charge is 0.268 e. The zero-order valence-electron chi connectivity index (χ0n) is 5.65. The Labute approximate surface area is 58.3 Å². The minimum Gasteiger partial charge on any atom is -0.268 e. The molecule has 0 aliphatic rings. The van der Waals surface area contributed by atoms with E-state index in [1.165, 1.54) is 0 Å². The molecule has 0 saturated heterocycles. The van der Waals surface area contributed by atoms with E-state index in [0.29, 0.717) is 0 Å². The van der Waals surface area contributed by atoms with Crippen molar-refractivity contribution < 1.29 is 0 Å². The van der Waals surface area contributed by atoms with Gasteiger partial charge in [0, 0.05) is 24.8 Å². The third-order valence-electron chi connectivity index (χ3n) is 1.55. The van der Waals surface area contributed by atoms with Crippen molar-refractivity contribution in [1.29, 1.82) is 0 Å². The van der Waals surface area contributed by atoms with Gasteiger partial charge in [-0.3, -0.25) is 9.67 Å². The molecule has 0 saturated carbocycles. The number of nitrogens with zero attached hydrogens (tertiary/aromatic N) is 3. The van der Waals surface area contributed by atoms with Crippen LogP contribution in [0, 0.1) is 0 Å². The Morgan fingerprint density at radius 1 is 1.40 bits per heavy atom. The lowest BCUT2D eigenvalue weighted by Crippen LogP contribution is -1.87. The van der Waals surface area contributed by atoms with Crippen LogP contribution in [-0.2, 0) is 7.05 Å². The van der Waals surface area contributed by atoms with Gasteiger partial charge in [-0.25, -0.2) is 0 Å². The lowest BCUT2D eigenvalue weighted by Gasteiger charge is -1.89. The van der Waals surface area contributed by atoms with E-state index in [9.17, 15) is 0 Å².